The van der Waals surface area contributed by atoms with Gasteiger partial charge in [-0.1, -0.05) is 119 Å². The van der Waals surface area contributed by atoms with Gasteiger partial charge >= 0.3 is 0 Å². The van der Waals surface area contributed by atoms with Gasteiger partial charge in [0.2, 0.25) is 0 Å². The Morgan fingerprint density at radius 1 is 0.453 bits per heavy atom. The van der Waals surface area contributed by atoms with Crippen molar-refractivity contribution in [3.63, 3.8) is 0 Å². The van der Waals surface area contributed by atoms with E-state index in [1.165, 1.54) is 62.6 Å². The molecule has 3 nitrogen and oxygen atoms in total. The zero-order valence-electron chi connectivity index (χ0n) is 30.7. The molecule has 258 valence electrons. The minimum absolute atomic E-state index is 0.114. The Bertz CT molecular complexity index is 2830. The first kappa shape index (κ1) is 31.7. The average molecular weight is 687 g/mol. The molecular weight excluding hydrogens is 645 g/mol. The first-order valence-electron chi connectivity index (χ1n) is 18.8. The van der Waals surface area contributed by atoms with Crippen LogP contribution in [-0.4, -0.2) is 4.57 Å². The number of anilines is 3. The van der Waals surface area contributed by atoms with Crippen molar-refractivity contribution in [1.82, 2.24) is 4.57 Å². The standard InChI is InChI=1S/C50H42N2O/c1-49(2)28-29-50(3,4)44-31-37(23-26-43(44)49)52-45-16-10-8-14-39(45)40-25-22-38(32-46(40)52)51(35-20-18-34(19-21-35)33-12-6-5-7-13-33)36-24-27-48-42(30-36)41-15-9-11-17-47(41)53-48/h5-27,30-32H,28-29H2,1-4H3. The highest BCUT2D eigenvalue weighted by atomic mass is 16.3. The first-order chi connectivity index (χ1) is 25.7. The zero-order valence-corrected chi connectivity index (χ0v) is 30.7. The lowest BCUT2D eigenvalue weighted by Crippen LogP contribution is -2.33. The van der Waals surface area contributed by atoms with E-state index in [-0.39, 0.29) is 10.8 Å². The molecule has 0 amide bonds. The summed E-state index contributed by atoms with van der Waals surface area (Å²) in [5.74, 6) is 0. The smallest absolute Gasteiger partial charge is 0.135 e. The summed E-state index contributed by atoms with van der Waals surface area (Å²) in [6.45, 7) is 9.63. The topological polar surface area (TPSA) is 21.3 Å². The van der Waals surface area contributed by atoms with Crippen LogP contribution in [0.4, 0.5) is 17.1 Å². The van der Waals surface area contributed by atoms with Gasteiger partial charge in [-0.3, -0.25) is 0 Å². The van der Waals surface area contributed by atoms with Crippen molar-refractivity contribution < 1.29 is 4.42 Å². The Morgan fingerprint density at radius 2 is 1.06 bits per heavy atom. The summed E-state index contributed by atoms with van der Waals surface area (Å²) in [6.07, 6.45) is 2.38. The number of benzene rings is 7. The van der Waals surface area contributed by atoms with Crippen LogP contribution in [0.25, 0.3) is 60.6 Å². The summed E-state index contributed by atoms with van der Waals surface area (Å²) in [6, 6.07) is 57.5. The first-order valence-corrected chi connectivity index (χ1v) is 18.8. The lowest BCUT2D eigenvalue weighted by atomic mass is 9.63. The highest BCUT2D eigenvalue weighted by Crippen LogP contribution is 2.47. The maximum Gasteiger partial charge on any atom is 0.135 e. The van der Waals surface area contributed by atoms with Crippen LogP contribution in [0.3, 0.4) is 0 Å². The maximum atomic E-state index is 6.26. The molecule has 0 saturated carbocycles. The quantitative estimate of drug-likeness (QED) is 0.180. The summed E-state index contributed by atoms with van der Waals surface area (Å²) in [7, 11) is 0. The van der Waals surface area contributed by atoms with Crippen molar-refractivity contribution in [2.75, 3.05) is 4.90 Å². The Labute approximate surface area is 310 Å². The number of hydrogen-bond donors (Lipinski definition) is 0. The molecule has 0 N–H and O–H groups in total. The molecule has 0 bridgehead atoms. The maximum absolute atomic E-state index is 6.26. The number of nitrogens with zero attached hydrogens (tertiary/aromatic N) is 2. The number of aromatic nitrogens is 1. The van der Waals surface area contributed by atoms with Gasteiger partial charge in [-0.2, -0.15) is 0 Å². The van der Waals surface area contributed by atoms with Crippen LogP contribution in [0.1, 0.15) is 51.7 Å². The molecule has 0 fully saturated rings. The fourth-order valence-corrected chi connectivity index (χ4v) is 8.83. The molecule has 2 heterocycles. The summed E-state index contributed by atoms with van der Waals surface area (Å²) in [5, 5.41) is 4.74. The molecule has 53 heavy (non-hydrogen) atoms. The molecule has 7 aromatic carbocycles. The van der Waals surface area contributed by atoms with Gasteiger partial charge in [-0.05, 0) is 113 Å². The lowest BCUT2D eigenvalue weighted by molar-refractivity contribution is 0.332. The highest BCUT2D eigenvalue weighted by Gasteiger charge is 2.37. The van der Waals surface area contributed by atoms with Crippen molar-refractivity contribution in [3.05, 3.63) is 169 Å². The predicted octanol–water partition coefficient (Wildman–Crippen LogP) is 14.2. The second-order valence-electron chi connectivity index (χ2n) is 16.1. The fraction of sp³-hybridized carbons (Fsp3) is 0.160. The van der Waals surface area contributed by atoms with E-state index in [4.69, 9.17) is 4.42 Å². The number of fused-ring (bicyclic) bond motifs is 7. The lowest BCUT2D eigenvalue weighted by Gasteiger charge is -2.42. The molecule has 10 rings (SSSR count). The van der Waals surface area contributed by atoms with E-state index >= 15 is 0 Å². The van der Waals surface area contributed by atoms with E-state index in [9.17, 15) is 0 Å². The molecule has 2 aromatic heterocycles. The predicted molar refractivity (Wildman–Crippen MR) is 223 cm³/mol. The minimum atomic E-state index is 0.114. The van der Waals surface area contributed by atoms with Crippen LogP contribution in [0, 0.1) is 0 Å². The molecular formula is C50H42N2O. The third kappa shape index (κ3) is 5.10. The van der Waals surface area contributed by atoms with Gasteiger partial charge in [0, 0.05) is 44.3 Å². The van der Waals surface area contributed by atoms with Gasteiger partial charge in [-0.15, -0.1) is 0 Å². The highest BCUT2D eigenvalue weighted by molar-refractivity contribution is 6.11. The van der Waals surface area contributed by atoms with Crippen LogP contribution >= 0.6 is 0 Å². The third-order valence-electron chi connectivity index (χ3n) is 11.9. The van der Waals surface area contributed by atoms with Crippen molar-refractivity contribution in [2.45, 2.75) is 51.4 Å². The van der Waals surface area contributed by atoms with Crippen LogP contribution in [0.15, 0.2) is 162 Å². The summed E-state index contributed by atoms with van der Waals surface area (Å²) in [5.41, 5.74) is 14.3. The molecule has 0 atom stereocenters. The molecule has 0 unspecified atom stereocenters. The Balaban J connectivity index is 1.20. The van der Waals surface area contributed by atoms with Crippen molar-refractivity contribution in [1.29, 1.82) is 0 Å². The summed E-state index contributed by atoms with van der Waals surface area (Å²) >= 11 is 0. The molecule has 0 radical (unpaired) electrons. The molecule has 1 aliphatic carbocycles. The Kier molecular flexibility index (Phi) is 7.01. The van der Waals surface area contributed by atoms with Gasteiger partial charge in [-0.25, -0.2) is 0 Å². The van der Waals surface area contributed by atoms with E-state index < -0.39 is 0 Å². The van der Waals surface area contributed by atoms with E-state index in [2.05, 4.69) is 183 Å². The average Bonchev–Trinajstić information content (AvgIpc) is 3.72. The molecule has 9 aromatic rings. The van der Waals surface area contributed by atoms with Gasteiger partial charge in [0.1, 0.15) is 11.2 Å². The van der Waals surface area contributed by atoms with E-state index in [1.54, 1.807) is 0 Å². The molecule has 1 aliphatic rings. The third-order valence-corrected chi connectivity index (χ3v) is 11.9. The number of rotatable bonds is 5. The minimum Gasteiger partial charge on any atom is -0.456 e. The molecule has 3 heteroatoms. The largest absolute Gasteiger partial charge is 0.456 e. The normalized spacial score (nSPS) is 14.9. The summed E-state index contributed by atoms with van der Waals surface area (Å²) in [4.78, 5) is 2.38. The van der Waals surface area contributed by atoms with E-state index in [0.29, 0.717) is 0 Å². The number of hydrogen-bond acceptors (Lipinski definition) is 2. The molecule has 0 saturated heterocycles. The molecule has 0 spiro atoms. The molecule has 0 aliphatic heterocycles. The number of para-hydroxylation sites is 2. The van der Waals surface area contributed by atoms with Gasteiger partial charge in [0.05, 0.1) is 11.0 Å². The van der Waals surface area contributed by atoms with Gasteiger partial charge in [0.15, 0.2) is 0 Å². The Hall–Kier alpha value is -6.06. The van der Waals surface area contributed by atoms with E-state index in [0.717, 1.165) is 39.0 Å². The van der Waals surface area contributed by atoms with Gasteiger partial charge in [0.25, 0.3) is 0 Å². The van der Waals surface area contributed by atoms with Crippen molar-refractivity contribution >= 4 is 60.8 Å². The second-order valence-corrected chi connectivity index (χ2v) is 16.1. The zero-order chi connectivity index (χ0) is 35.9. The fourth-order valence-electron chi connectivity index (χ4n) is 8.83. The second kappa shape index (κ2) is 11.7. The van der Waals surface area contributed by atoms with Gasteiger partial charge < -0.3 is 13.9 Å². The van der Waals surface area contributed by atoms with Crippen LogP contribution in [0.5, 0.6) is 0 Å². The van der Waals surface area contributed by atoms with Crippen molar-refractivity contribution in [2.24, 2.45) is 0 Å². The Morgan fingerprint density at radius 3 is 1.87 bits per heavy atom. The van der Waals surface area contributed by atoms with Crippen LogP contribution < -0.4 is 4.90 Å². The van der Waals surface area contributed by atoms with E-state index in [1.807, 2.05) is 12.1 Å². The SMILES string of the molecule is CC1(C)CCC(C)(C)c2cc(-n3c4ccccc4c4ccc(N(c5ccc(-c6ccccc6)cc5)c5ccc6oc7ccccc7c6c5)cc43)ccc21. The van der Waals surface area contributed by atoms with Crippen LogP contribution in [-0.2, 0) is 10.8 Å². The number of furan rings is 1. The van der Waals surface area contributed by atoms with Crippen molar-refractivity contribution in [3.8, 4) is 16.8 Å². The summed E-state index contributed by atoms with van der Waals surface area (Å²) < 4.78 is 8.75. The monoisotopic (exact) mass is 686 g/mol. The van der Waals surface area contributed by atoms with Crippen LogP contribution in [0.2, 0.25) is 0 Å².